The summed E-state index contributed by atoms with van der Waals surface area (Å²) in [4.78, 5) is 16.1. The van der Waals surface area contributed by atoms with Gasteiger partial charge in [0.25, 0.3) is 0 Å². The number of carbonyl (C=O) groups is 1. The van der Waals surface area contributed by atoms with Gasteiger partial charge in [0, 0.05) is 40.1 Å². The van der Waals surface area contributed by atoms with Gasteiger partial charge in [0.2, 0.25) is 5.91 Å². The fourth-order valence-electron chi connectivity index (χ4n) is 1.76. The molecule has 1 rings (SSSR count). The molecular formula is C13H24N4O3. The molecule has 0 fully saturated rings. The lowest BCUT2D eigenvalue weighted by Gasteiger charge is -2.16. The molecule has 0 aromatic carbocycles. The maximum Gasteiger partial charge on any atom is 0.242 e. The Bertz CT molecular complexity index is 395. The lowest BCUT2D eigenvalue weighted by Crippen LogP contribution is -2.34. The van der Waals surface area contributed by atoms with Gasteiger partial charge in [-0.1, -0.05) is 0 Å². The second-order valence-electron chi connectivity index (χ2n) is 4.42. The van der Waals surface area contributed by atoms with Gasteiger partial charge in [0.15, 0.2) is 0 Å². The minimum Gasteiger partial charge on any atom is -0.383 e. The summed E-state index contributed by atoms with van der Waals surface area (Å²) in [5.41, 5.74) is 0.968. The molecule has 1 atom stereocenters. The molecule has 1 aromatic rings. The molecule has 0 spiro atoms. The van der Waals surface area contributed by atoms with E-state index >= 15 is 0 Å². The van der Waals surface area contributed by atoms with Crippen LogP contribution in [0.5, 0.6) is 0 Å². The predicted octanol–water partition coefficient (Wildman–Crippen LogP) is -0.0573. The number of hydrogen-bond donors (Lipinski definition) is 2. The van der Waals surface area contributed by atoms with Gasteiger partial charge in [-0.25, -0.2) is 4.98 Å². The molecule has 7 nitrogen and oxygen atoms in total. The van der Waals surface area contributed by atoms with Crippen LogP contribution in [0, 0.1) is 0 Å². The molecule has 0 aliphatic carbocycles. The maximum atomic E-state index is 12.0. The molecule has 0 saturated carbocycles. The largest absolute Gasteiger partial charge is 0.383 e. The van der Waals surface area contributed by atoms with Crippen LogP contribution in [-0.4, -0.2) is 56.0 Å². The molecule has 20 heavy (non-hydrogen) atoms. The Hall–Kier alpha value is -1.44. The first-order chi connectivity index (χ1) is 9.70. The molecule has 1 amide bonds. The van der Waals surface area contributed by atoms with E-state index < -0.39 is 0 Å². The molecule has 1 heterocycles. The summed E-state index contributed by atoms with van der Waals surface area (Å²) >= 11 is 0. The van der Waals surface area contributed by atoms with Crippen LogP contribution in [0.2, 0.25) is 0 Å². The number of methoxy groups -OCH3 is 2. The fraction of sp³-hybridized carbons (Fsp3) is 0.692. The third-order valence-electron chi connectivity index (χ3n) is 2.94. The zero-order valence-electron chi connectivity index (χ0n) is 12.4. The second kappa shape index (κ2) is 9.46. The molecule has 114 valence electrons. The van der Waals surface area contributed by atoms with Crippen LogP contribution in [0.4, 0.5) is 0 Å². The highest BCUT2D eigenvalue weighted by atomic mass is 16.5. The van der Waals surface area contributed by atoms with Gasteiger partial charge >= 0.3 is 0 Å². The van der Waals surface area contributed by atoms with E-state index in [1.807, 2.05) is 11.5 Å². The van der Waals surface area contributed by atoms with Crippen molar-refractivity contribution in [1.29, 1.82) is 0 Å². The molecular weight excluding hydrogens is 260 g/mol. The Morgan fingerprint density at radius 3 is 2.75 bits per heavy atom. The third kappa shape index (κ3) is 5.28. The van der Waals surface area contributed by atoms with Crippen molar-refractivity contribution >= 4 is 5.91 Å². The van der Waals surface area contributed by atoms with Gasteiger partial charge < -0.3 is 24.7 Å². The highest BCUT2D eigenvalue weighted by Gasteiger charge is 2.16. The molecule has 7 heteroatoms. The van der Waals surface area contributed by atoms with E-state index in [1.54, 1.807) is 26.7 Å². The van der Waals surface area contributed by atoms with Gasteiger partial charge in [-0.15, -0.1) is 0 Å². The Kier molecular flexibility index (Phi) is 7.86. The van der Waals surface area contributed by atoms with E-state index in [0.29, 0.717) is 26.3 Å². The molecule has 0 aliphatic heterocycles. The molecule has 0 aliphatic rings. The van der Waals surface area contributed by atoms with Gasteiger partial charge in [-0.05, 0) is 6.92 Å². The minimum atomic E-state index is -0.298. The highest BCUT2D eigenvalue weighted by Crippen LogP contribution is 2.10. The van der Waals surface area contributed by atoms with Crippen molar-refractivity contribution in [3.05, 3.63) is 18.2 Å². The Balaban J connectivity index is 2.48. The van der Waals surface area contributed by atoms with Crippen molar-refractivity contribution in [1.82, 2.24) is 20.2 Å². The van der Waals surface area contributed by atoms with Crippen molar-refractivity contribution in [2.45, 2.75) is 19.5 Å². The van der Waals surface area contributed by atoms with E-state index in [0.717, 1.165) is 12.2 Å². The molecule has 0 saturated heterocycles. The monoisotopic (exact) mass is 284 g/mol. The van der Waals surface area contributed by atoms with Crippen LogP contribution in [0.1, 0.15) is 18.7 Å². The lowest BCUT2D eigenvalue weighted by molar-refractivity contribution is -0.124. The Morgan fingerprint density at radius 2 is 2.05 bits per heavy atom. The number of rotatable bonds is 10. The first-order valence-corrected chi connectivity index (χ1v) is 6.67. The van der Waals surface area contributed by atoms with Crippen molar-refractivity contribution < 1.29 is 14.3 Å². The van der Waals surface area contributed by atoms with E-state index in [2.05, 4.69) is 15.6 Å². The standard InChI is InChI=1S/C13H24N4O3/c1-11(13(18)16-5-7-20-3)17-10-15-9-12(17)8-14-4-6-19-2/h9-11,14H,4-8H2,1-3H3,(H,16,18). The van der Waals surface area contributed by atoms with E-state index in [9.17, 15) is 4.79 Å². The summed E-state index contributed by atoms with van der Waals surface area (Å²) in [6.45, 7) is 4.93. The maximum absolute atomic E-state index is 12.0. The van der Waals surface area contributed by atoms with E-state index in [1.165, 1.54) is 0 Å². The number of amides is 1. The Morgan fingerprint density at radius 1 is 1.35 bits per heavy atom. The molecule has 0 bridgehead atoms. The fourth-order valence-corrected chi connectivity index (χ4v) is 1.76. The molecule has 0 radical (unpaired) electrons. The number of nitrogens with one attached hydrogen (secondary N) is 2. The molecule has 1 unspecified atom stereocenters. The highest BCUT2D eigenvalue weighted by molar-refractivity contribution is 5.79. The number of nitrogens with zero attached hydrogens (tertiary/aromatic N) is 2. The number of aromatic nitrogens is 2. The normalized spacial score (nSPS) is 12.3. The van der Waals surface area contributed by atoms with Crippen molar-refractivity contribution in [2.75, 3.05) is 40.5 Å². The SMILES string of the molecule is COCCNCc1cncn1C(C)C(=O)NCCOC. The number of carbonyl (C=O) groups excluding carboxylic acids is 1. The summed E-state index contributed by atoms with van der Waals surface area (Å²) in [6, 6.07) is -0.298. The van der Waals surface area contributed by atoms with Gasteiger partial charge in [0.05, 0.1) is 25.2 Å². The van der Waals surface area contributed by atoms with Crippen LogP contribution < -0.4 is 10.6 Å². The Labute approximate surface area is 119 Å². The summed E-state index contributed by atoms with van der Waals surface area (Å²) in [5.74, 6) is -0.0433. The predicted molar refractivity (Wildman–Crippen MR) is 75.4 cm³/mol. The second-order valence-corrected chi connectivity index (χ2v) is 4.42. The smallest absolute Gasteiger partial charge is 0.242 e. The summed E-state index contributed by atoms with van der Waals surface area (Å²) in [7, 11) is 3.27. The van der Waals surface area contributed by atoms with Crippen LogP contribution in [0.15, 0.2) is 12.5 Å². The van der Waals surface area contributed by atoms with Crippen LogP contribution in [0.25, 0.3) is 0 Å². The lowest BCUT2D eigenvalue weighted by atomic mass is 10.3. The summed E-state index contributed by atoms with van der Waals surface area (Å²) < 4.78 is 11.7. The van der Waals surface area contributed by atoms with Crippen molar-refractivity contribution in [2.24, 2.45) is 0 Å². The zero-order valence-corrected chi connectivity index (χ0v) is 12.4. The first-order valence-electron chi connectivity index (χ1n) is 6.67. The number of imidazole rings is 1. The third-order valence-corrected chi connectivity index (χ3v) is 2.94. The summed E-state index contributed by atoms with van der Waals surface area (Å²) in [5, 5.41) is 6.06. The van der Waals surface area contributed by atoms with E-state index in [-0.39, 0.29) is 11.9 Å². The van der Waals surface area contributed by atoms with Gasteiger partial charge in [-0.2, -0.15) is 0 Å². The topological polar surface area (TPSA) is 77.4 Å². The quantitative estimate of drug-likeness (QED) is 0.589. The minimum absolute atomic E-state index is 0.0433. The number of ether oxygens (including phenoxy) is 2. The van der Waals surface area contributed by atoms with Crippen molar-refractivity contribution in [3.63, 3.8) is 0 Å². The summed E-state index contributed by atoms with van der Waals surface area (Å²) in [6.07, 6.45) is 3.44. The first kappa shape index (κ1) is 16.6. The average Bonchev–Trinajstić information content (AvgIpc) is 2.91. The average molecular weight is 284 g/mol. The van der Waals surface area contributed by atoms with E-state index in [4.69, 9.17) is 9.47 Å². The van der Waals surface area contributed by atoms with Gasteiger partial charge in [0.1, 0.15) is 6.04 Å². The zero-order chi connectivity index (χ0) is 14.8. The molecule has 1 aromatic heterocycles. The van der Waals surface area contributed by atoms with Crippen molar-refractivity contribution in [3.8, 4) is 0 Å². The molecule has 2 N–H and O–H groups in total. The van der Waals surface area contributed by atoms with Gasteiger partial charge in [-0.3, -0.25) is 4.79 Å². The van der Waals surface area contributed by atoms with Crippen LogP contribution in [-0.2, 0) is 20.8 Å². The van der Waals surface area contributed by atoms with Crippen LogP contribution in [0.3, 0.4) is 0 Å². The van der Waals surface area contributed by atoms with Crippen LogP contribution >= 0.6 is 0 Å². The number of hydrogen-bond acceptors (Lipinski definition) is 5.